The van der Waals surface area contributed by atoms with Gasteiger partial charge in [0.15, 0.2) is 0 Å². The molecule has 8 nitrogen and oxygen atoms in total. The topological polar surface area (TPSA) is 105 Å². The third-order valence-corrected chi connectivity index (χ3v) is 3.87. The minimum absolute atomic E-state index is 0.147. The first-order valence-corrected chi connectivity index (χ1v) is 8.46. The summed E-state index contributed by atoms with van der Waals surface area (Å²) in [7, 11) is 1.47. The summed E-state index contributed by atoms with van der Waals surface area (Å²) in [6, 6.07) is 11.5. The van der Waals surface area contributed by atoms with Crippen molar-refractivity contribution in [1.82, 2.24) is 4.90 Å². The second kappa shape index (κ2) is 8.79. The molecule has 0 atom stereocenters. The smallest absolute Gasteiger partial charge is 0.293 e. The number of carbonyl (C=O) groups is 2. The average molecular weight is 370 g/mol. The Bertz CT molecular complexity index is 849. The number of carbonyl (C=O) groups excluding carboxylic acids is 2. The molecule has 2 rings (SSSR count). The number of rotatable bonds is 7. The predicted octanol–water partition coefficient (Wildman–Crippen LogP) is 3.05. The Morgan fingerprint density at radius 3 is 2.41 bits per heavy atom. The molecular weight excluding hydrogens is 348 g/mol. The van der Waals surface area contributed by atoms with Crippen LogP contribution < -0.4 is 10.6 Å². The lowest BCUT2D eigenvalue weighted by Gasteiger charge is -2.17. The number of aryl methyl sites for hydroxylation is 1. The summed E-state index contributed by atoms with van der Waals surface area (Å²) in [5, 5.41) is 16.8. The van der Waals surface area contributed by atoms with Crippen molar-refractivity contribution in [3.63, 3.8) is 0 Å². The van der Waals surface area contributed by atoms with E-state index in [-0.39, 0.29) is 23.7 Å². The number of nitro groups is 1. The molecule has 0 spiro atoms. The molecule has 2 amide bonds. The van der Waals surface area contributed by atoms with Crippen LogP contribution in [0, 0.1) is 17.0 Å². The molecule has 0 aliphatic heterocycles. The van der Waals surface area contributed by atoms with Gasteiger partial charge in [0.2, 0.25) is 5.91 Å². The Hall–Kier alpha value is -3.42. The molecule has 0 saturated carbocycles. The summed E-state index contributed by atoms with van der Waals surface area (Å²) in [5.41, 5.74) is 2.02. The minimum atomic E-state index is -0.543. The highest BCUT2D eigenvalue weighted by molar-refractivity contribution is 6.00. The zero-order valence-electron chi connectivity index (χ0n) is 15.5. The molecule has 0 heterocycles. The Balaban J connectivity index is 2.07. The molecule has 2 aromatic rings. The standard InChI is InChI=1S/C19H22N4O4/c1-4-20-16-10-7-14(11-17(16)23(26)27)19(25)22(3)12-18(24)21-15-8-5-13(2)6-9-15/h5-11,20H,4,12H2,1-3H3,(H,21,24). The van der Waals surface area contributed by atoms with Crippen molar-refractivity contribution in [3.8, 4) is 0 Å². The monoisotopic (exact) mass is 370 g/mol. The summed E-state index contributed by atoms with van der Waals surface area (Å²) in [6.45, 7) is 4.12. The quantitative estimate of drug-likeness (QED) is 0.576. The number of nitrogens with zero attached hydrogens (tertiary/aromatic N) is 2. The molecule has 0 aromatic heterocycles. The highest BCUT2D eigenvalue weighted by Crippen LogP contribution is 2.26. The van der Waals surface area contributed by atoms with Gasteiger partial charge >= 0.3 is 0 Å². The van der Waals surface area contributed by atoms with Crippen LogP contribution >= 0.6 is 0 Å². The lowest BCUT2D eigenvalue weighted by atomic mass is 10.1. The van der Waals surface area contributed by atoms with E-state index in [1.54, 1.807) is 12.1 Å². The summed E-state index contributed by atoms with van der Waals surface area (Å²) >= 11 is 0. The first-order chi connectivity index (χ1) is 12.8. The molecule has 142 valence electrons. The van der Waals surface area contributed by atoms with Crippen LogP contribution in [0.4, 0.5) is 17.1 Å². The van der Waals surface area contributed by atoms with Crippen LogP contribution in [0.3, 0.4) is 0 Å². The maximum Gasteiger partial charge on any atom is 0.293 e. The van der Waals surface area contributed by atoms with Crippen molar-refractivity contribution in [2.75, 3.05) is 30.8 Å². The fourth-order valence-corrected chi connectivity index (χ4v) is 2.50. The van der Waals surface area contributed by atoms with Gasteiger partial charge in [-0.15, -0.1) is 0 Å². The largest absolute Gasteiger partial charge is 0.380 e. The first-order valence-electron chi connectivity index (χ1n) is 8.46. The van der Waals surface area contributed by atoms with E-state index in [0.29, 0.717) is 17.9 Å². The molecular formula is C19H22N4O4. The number of nitro benzene ring substituents is 1. The van der Waals surface area contributed by atoms with Crippen molar-refractivity contribution in [1.29, 1.82) is 0 Å². The van der Waals surface area contributed by atoms with Crippen molar-refractivity contribution < 1.29 is 14.5 Å². The highest BCUT2D eigenvalue weighted by atomic mass is 16.6. The maximum atomic E-state index is 12.5. The van der Waals surface area contributed by atoms with Crippen LogP contribution in [-0.4, -0.2) is 41.8 Å². The van der Waals surface area contributed by atoms with Gasteiger partial charge in [-0.2, -0.15) is 0 Å². The van der Waals surface area contributed by atoms with Crippen LogP contribution in [0.25, 0.3) is 0 Å². The number of benzene rings is 2. The lowest BCUT2D eigenvalue weighted by Crippen LogP contribution is -2.35. The van der Waals surface area contributed by atoms with Crippen molar-refractivity contribution in [2.45, 2.75) is 13.8 Å². The fourth-order valence-electron chi connectivity index (χ4n) is 2.50. The number of amides is 2. The van der Waals surface area contributed by atoms with E-state index in [4.69, 9.17) is 0 Å². The Kier molecular flexibility index (Phi) is 6.48. The van der Waals surface area contributed by atoms with E-state index in [0.717, 1.165) is 5.56 Å². The average Bonchev–Trinajstić information content (AvgIpc) is 2.63. The second-order valence-electron chi connectivity index (χ2n) is 6.09. The summed E-state index contributed by atoms with van der Waals surface area (Å²) in [5.74, 6) is -0.825. The first kappa shape index (κ1) is 19.9. The van der Waals surface area contributed by atoms with E-state index in [1.807, 2.05) is 26.0 Å². The number of hydrogen-bond acceptors (Lipinski definition) is 5. The van der Waals surface area contributed by atoms with Gasteiger partial charge in [-0.3, -0.25) is 19.7 Å². The lowest BCUT2D eigenvalue weighted by molar-refractivity contribution is -0.384. The zero-order valence-corrected chi connectivity index (χ0v) is 15.5. The van der Waals surface area contributed by atoms with Crippen molar-refractivity contribution >= 4 is 28.9 Å². The Morgan fingerprint density at radius 2 is 1.81 bits per heavy atom. The van der Waals surface area contributed by atoms with E-state index in [2.05, 4.69) is 10.6 Å². The third kappa shape index (κ3) is 5.27. The van der Waals surface area contributed by atoms with Gasteiger partial charge in [0.05, 0.1) is 11.5 Å². The van der Waals surface area contributed by atoms with Gasteiger partial charge in [0.25, 0.3) is 11.6 Å². The minimum Gasteiger partial charge on any atom is -0.380 e. The molecule has 0 bridgehead atoms. The molecule has 0 saturated heterocycles. The molecule has 0 unspecified atom stereocenters. The Labute approximate surface area is 157 Å². The van der Waals surface area contributed by atoms with Gasteiger partial charge < -0.3 is 15.5 Å². The van der Waals surface area contributed by atoms with E-state index >= 15 is 0 Å². The van der Waals surface area contributed by atoms with Crippen LogP contribution in [0.15, 0.2) is 42.5 Å². The molecule has 8 heteroatoms. The molecule has 2 N–H and O–H groups in total. The van der Waals surface area contributed by atoms with Crippen LogP contribution in [0.1, 0.15) is 22.8 Å². The van der Waals surface area contributed by atoms with Crippen LogP contribution in [0.2, 0.25) is 0 Å². The molecule has 0 aliphatic carbocycles. The number of hydrogen-bond donors (Lipinski definition) is 2. The summed E-state index contributed by atoms with van der Waals surface area (Å²) in [4.78, 5) is 36.6. The maximum absolute atomic E-state index is 12.5. The molecule has 2 aromatic carbocycles. The predicted molar refractivity (Wildman–Crippen MR) is 104 cm³/mol. The molecule has 27 heavy (non-hydrogen) atoms. The van der Waals surface area contributed by atoms with Gasteiger partial charge in [0.1, 0.15) is 5.69 Å². The number of anilines is 2. The molecule has 0 fully saturated rings. The number of nitrogens with one attached hydrogen (secondary N) is 2. The van der Waals surface area contributed by atoms with E-state index in [1.165, 1.54) is 30.1 Å². The molecule has 0 radical (unpaired) electrons. The normalized spacial score (nSPS) is 10.2. The Morgan fingerprint density at radius 1 is 1.15 bits per heavy atom. The number of likely N-dealkylation sites (N-methyl/N-ethyl adjacent to an activating group) is 1. The summed E-state index contributed by atoms with van der Waals surface area (Å²) in [6.07, 6.45) is 0. The van der Waals surface area contributed by atoms with Crippen LogP contribution in [0.5, 0.6) is 0 Å². The van der Waals surface area contributed by atoms with Crippen molar-refractivity contribution in [2.24, 2.45) is 0 Å². The van der Waals surface area contributed by atoms with Gasteiger partial charge in [-0.05, 0) is 38.1 Å². The van der Waals surface area contributed by atoms with Gasteiger partial charge in [-0.25, -0.2) is 0 Å². The van der Waals surface area contributed by atoms with E-state index in [9.17, 15) is 19.7 Å². The zero-order chi connectivity index (χ0) is 20.0. The van der Waals surface area contributed by atoms with E-state index < -0.39 is 10.8 Å². The summed E-state index contributed by atoms with van der Waals surface area (Å²) < 4.78 is 0. The highest BCUT2D eigenvalue weighted by Gasteiger charge is 2.20. The molecule has 0 aliphatic rings. The SMILES string of the molecule is CCNc1ccc(C(=O)N(C)CC(=O)Nc2ccc(C)cc2)cc1[N+](=O)[O-]. The third-order valence-electron chi connectivity index (χ3n) is 3.87. The fraction of sp³-hybridized carbons (Fsp3) is 0.263. The van der Waals surface area contributed by atoms with Crippen LogP contribution in [-0.2, 0) is 4.79 Å². The second-order valence-corrected chi connectivity index (χ2v) is 6.09. The van der Waals surface area contributed by atoms with Gasteiger partial charge in [-0.1, -0.05) is 17.7 Å². The van der Waals surface area contributed by atoms with Gasteiger partial charge in [0, 0.05) is 30.9 Å². The van der Waals surface area contributed by atoms with Crippen molar-refractivity contribution in [3.05, 3.63) is 63.7 Å².